The Morgan fingerprint density at radius 2 is 1.80 bits per heavy atom. The smallest absolute Gasteiger partial charge is 0.281 e. The number of ether oxygens (including phenoxy) is 1. The highest BCUT2D eigenvalue weighted by atomic mass is 16.5. The summed E-state index contributed by atoms with van der Waals surface area (Å²) in [5, 5.41) is 14.9. The molecule has 4 aromatic rings. The fraction of sp³-hybridized carbons (Fsp3) is 0.250. The molecule has 1 N–H and O–H groups in total. The van der Waals surface area contributed by atoms with Gasteiger partial charge in [0, 0.05) is 35.1 Å². The van der Waals surface area contributed by atoms with Crippen LogP contribution in [0.15, 0.2) is 59.5 Å². The van der Waals surface area contributed by atoms with Crippen LogP contribution in [0.2, 0.25) is 0 Å². The van der Waals surface area contributed by atoms with E-state index < -0.39 is 0 Å². The lowest BCUT2D eigenvalue weighted by molar-refractivity contribution is 0.288. The second kappa shape index (κ2) is 8.16. The number of aliphatic hydroxyl groups is 1. The van der Waals surface area contributed by atoms with Gasteiger partial charge in [0.05, 0.1) is 24.4 Å². The number of methoxy groups -OCH3 is 1. The molecule has 0 aliphatic carbocycles. The summed E-state index contributed by atoms with van der Waals surface area (Å²) in [5.74, 6) is 0.765. The largest absolute Gasteiger partial charge is 0.497 e. The van der Waals surface area contributed by atoms with E-state index in [9.17, 15) is 4.79 Å². The van der Waals surface area contributed by atoms with E-state index in [1.165, 1.54) is 4.68 Å². The number of hydrogen-bond acceptors (Lipinski definition) is 4. The number of aliphatic hydroxyl groups excluding tert-OH is 1. The van der Waals surface area contributed by atoms with Crippen molar-refractivity contribution in [3.8, 4) is 17.1 Å². The molecule has 0 spiro atoms. The van der Waals surface area contributed by atoms with Gasteiger partial charge >= 0.3 is 0 Å². The van der Waals surface area contributed by atoms with Gasteiger partial charge in [0.2, 0.25) is 0 Å². The molecule has 4 rings (SSSR count). The molecule has 0 aliphatic heterocycles. The summed E-state index contributed by atoms with van der Waals surface area (Å²) in [6.07, 6.45) is 3.29. The molecule has 0 saturated carbocycles. The summed E-state index contributed by atoms with van der Waals surface area (Å²) in [4.78, 5) is 13.4. The molecular weight excluding hydrogens is 378 g/mol. The summed E-state index contributed by atoms with van der Waals surface area (Å²) < 4.78 is 8.87. The third kappa shape index (κ3) is 3.39. The van der Waals surface area contributed by atoms with Crippen LogP contribution in [0, 0.1) is 13.8 Å². The predicted octanol–water partition coefficient (Wildman–Crippen LogP) is 3.73. The lowest BCUT2D eigenvalue weighted by Crippen LogP contribution is -2.21. The van der Waals surface area contributed by atoms with E-state index in [0.29, 0.717) is 5.39 Å². The number of aromatic nitrogens is 3. The third-order valence-electron chi connectivity index (χ3n) is 5.52. The highest BCUT2D eigenvalue weighted by Gasteiger charge is 2.18. The van der Waals surface area contributed by atoms with Gasteiger partial charge in [-0.2, -0.15) is 9.78 Å². The Labute approximate surface area is 175 Å². The summed E-state index contributed by atoms with van der Waals surface area (Å²) >= 11 is 0. The Morgan fingerprint density at radius 1 is 1.03 bits per heavy atom. The van der Waals surface area contributed by atoms with Crippen molar-refractivity contribution in [2.75, 3.05) is 13.7 Å². The molecule has 2 heterocycles. The van der Waals surface area contributed by atoms with Crippen LogP contribution in [-0.2, 0) is 6.42 Å². The van der Waals surface area contributed by atoms with Crippen molar-refractivity contribution in [2.24, 2.45) is 0 Å². The van der Waals surface area contributed by atoms with Crippen molar-refractivity contribution in [3.05, 3.63) is 82.0 Å². The van der Waals surface area contributed by atoms with Gasteiger partial charge in [-0.1, -0.05) is 18.2 Å². The fourth-order valence-electron chi connectivity index (χ4n) is 3.97. The van der Waals surface area contributed by atoms with Gasteiger partial charge in [-0.05, 0) is 56.5 Å². The van der Waals surface area contributed by atoms with E-state index in [0.717, 1.165) is 52.3 Å². The van der Waals surface area contributed by atoms with Crippen LogP contribution in [0.4, 0.5) is 0 Å². The van der Waals surface area contributed by atoms with Gasteiger partial charge in [0.1, 0.15) is 5.75 Å². The Morgan fingerprint density at radius 3 is 2.50 bits per heavy atom. The molecular formula is C24H25N3O3. The first-order valence-electron chi connectivity index (χ1n) is 9.99. The molecule has 0 fully saturated rings. The van der Waals surface area contributed by atoms with Gasteiger partial charge in [-0.3, -0.25) is 4.79 Å². The Kier molecular flexibility index (Phi) is 5.42. The van der Waals surface area contributed by atoms with Crippen LogP contribution < -0.4 is 10.3 Å². The van der Waals surface area contributed by atoms with Crippen molar-refractivity contribution in [1.82, 2.24) is 14.3 Å². The minimum atomic E-state index is -0.141. The second-order valence-electron chi connectivity index (χ2n) is 7.35. The number of rotatable bonds is 6. The molecule has 2 aromatic heterocycles. The maximum Gasteiger partial charge on any atom is 0.281 e. The van der Waals surface area contributed by atoms with Crippen molar-refractivity contribution >= 4 is 10.8 Å². The predicted molar refractivity (Wildman–Crippen MR) is 118 cm³/mol. The number of nitrogens with zero attached hydrogens (tertiary/aromatic N) is 3. The highest BCUT2D eigenvalue weighted by Crippen LogP contribution is 2.28. The SMILES string of the molecule is COc1cccc(-n2c(C)c3cnn(-c4ccc(CCCO)cc4)c(=O)c3c2C)c1. The second-order valence-corrected chi connectivity index (χ2v) is 7.35. The first-order valence-corrected chi connectivity index (χ1v) is 9.99. The van der Waals surface area contributed by atoms with Gasteiger partial charge in [0.15, 0.2) is 0 Å². The zero-order valence-corrected chi connectivity index (χ0v) is 17.4. The quantitative estimate of drug-likeness (QED) is 0.533. The lowest BCUT2D eigenvalue weighted by Gasteiger charge is -2.10. The highest BCUT2D eigenvalue weighted by molar-refractivity contribution is 5.88. The zero-order valence-electron chi connectivity index (χ0n) is 17.4. The van der Waals surface area contributed by atoms with Crippen molar-refractivity contribution < 1.29 is 9.84 Å². The molecule has 0 unspecified atom stereocenters. The van der Waals surface area contributed by atoms with Crippen molar-refractivity contribution in [3.63, 3.8) is 0 Å². The number of hydrogen-bond donors (Lipinski definition) is 1. The van der Waals surface area contributed by atoms with E-state index in [2.05, 4.69) is 9.67 Å². The molecule has 0 bridgehead atoms. The fourth-order valence-corrected chi connectivity index (χ4v) is 3.97. The summed E-state index contributed by atoms with van der Waals surface area (Å²) in [6.45, 7) is 4.12. The normalized spacial score (nSPS) is 11.2. The van der Waals surface area contributed by atoms with Crippen LogP contribution >= 0.6 is 0 Å². The maximum atomic E-state index is 13.4. The average molecular weight is 403 g/mol. The van der Waals surface area contributed by atoms with E-state index in [4.69, 9.17) is 9.84 Å². The standard InChI is InChI=1S/C24H25N3O3/c1-16-22-15-25-27(19-11-9-18(10-12-19)6-5-13-28)24(29)23(22)17(2)26(16)20-7-4-8-21(14-20)30-3/h4,7-12,14-15,28H,5-6,13H2,1-3H3. The molecule has 0 radical (unpaired) electrons. The number of aryl methyl sites for hydroxylation is 3. The molecule has 30 heavy (non-hydrogen) atoms. The third-order valence-corrected chi connectivity index (χ3v) is 5.52. The van der Waals surface area contributed by atoms with Gasteiger partial charge < -0.3 is 14.4 Å². The van der Waals surface area contributed by atoms with Gasteiger partial charge in [0.25, 0.3) is 5.56 Å². The monoisotopic (exact) mass is 403 g/mol. The molecule has 0 atom stereocenters. The Balaban J connectivity index is 1.83. The summed E-state index contributed by atoms with van der Waals surface area (Å²) in [5.41, 5.74) is 4.49. The maximum absolute atomic E-state index is 13.4. The minimum absolute atomic E-state index is 0.141. The van der Waals surface area contributed by atoms with E-state index in [1.54, 1.807) is 13.3 Å². The molecule has 0 aliphatic rings. The first kappa shape index (κ1) is 19.9. The van der Waals surface area contributed by atoms with E-state index >= 15 is 0 Å². The molecule has 0 amide bonds. The number of benzene rings is 2. The number of fused-ring (bicyclic) bond motifs is 1. The van der Waals surface area contributed by atoms with Crippen molar-refractivity contribution in [2.45, 2.75) is 26.7 Å². The molecule has 154 valence electrons. The van der Waals surface area contributed by atoms with E-state index in [1.807, 2.05) is 62.4 Å². The van der Waals surface area contributed by atoms with Crippen LogP contribution in [0.3, 0.4) is 0 Å². The average Bonchev–Trinajstić information content (AvgIpc) is 3.03. The lowest BCUT2D eigenvalue weighted by atomic mass is 10.1. The molecule has 2 aromatic carbocycles. The zero-order chi connectivity index (χ0) is 21.3. The summed E-state index contributed by atoms with van der Waals surface area (Å²) in [6, 6.07) is 15.5. The Hall–Kier alpha value is -3.38. The van der Waals surface area contributed by atoms with Crippen LogP contribution in [0.25, 0.3) is 22.1 Å². The Bertz CT molecular complexity index is 1250. The molecule has 6 heteroatoms. The minimum Gasteiger partial charge on any atom is -0.497 e. The van der Waals surface area contributed by atoms with Crippen LogP contribution in [0.5, 0.6) is 5.75 Å². The van der Waals surface area contributed by atoms with Crippen LogP contribution in [-0.4, -0.2) is 33.2 Å². The molecule has 0 saturated heterocycles. The molecule has 6 nitrogen and oxygen atoms in total. The van der Waals surface area contributed by atoms with Gasteiger partial charge in [-0.25, -0.2) is 0 Å². The van der Waals surface area contributed by atoms with Gasteiger partial charge in [-0.15, -0.1) is 0 Å². The summed E-state index contributed by atoms with van der Waals surface area (Å²) in [7, 11) is 1.64. The van der Waals surface area contributed by atoms with Crippen LogP contribution in [0.1, 0.15) is 23.4 Å². The topological polar surface area (TPSA) is 69.3 Å². The van der Waals surface area contributed by atoms with Crippen molar-refractivity contribution in [1.29, 1.82) is 0 Å². The van der Waals surface area contributed by atoms with E-state index in [-0.39, 0.29) is 12.2 Å². The first-order chi connectivity index (χ1) is 14.5.